The third-order valence-electron chi connectivity index (χ3n) is 4.60. The minimum absolute atomic E-state index is 0.109. The molecule has 4 unspecified atom stereocenters. The van der Waals surface area contributed by atoms with Crippen LogP contribution in [0.25, 0.3) is 0 Å². The molecule has 0 amide bonds. The van der Waals surface area contributed by atoms with Crippen molar-refractivity contribution in [2.24, 2.45) is 23.7 Å². The van der Waals surface area contributed by atoms with Gasteiger partial charge in [-0.2, -0.15) is 0 Å². The number of aliphatic hydroxyl groups is 1. The number of rotatable bonds is 7. The quantitative estimate of drug-likeness (QED) is 0.778. The molecule has 0 radical (unpaired) electrons. The van der Waals surface area contributed by atoms with Gasteiger partial charge in [-0.05, 0) is 44.7 Å². The summed E-state index contributed by atoms with van der Waals surface area (Å²) in [4.78, 5) is 4.81. The maximum Gasteiger partial charge on any atom is 0.0585 e. The molecule has 20 heavy (non-hydrogen) atoms. The highest BCUT2D eigenvalue weighted by molar-refractivity contribution is 4.85. The summed E-state index contributed by atoms with van der Waals surface area (Å²) >= 11 is 0. The molecule has 1 aliphatic rings. The zero-order valence-electron chi connectivity index (χ0n) is 14.5. The van der Waals surface area contributed by atoms with E-state index in [-0.39, 0.29) is 6.10 Å². The van der Waals surface area contributed by atoms with Gasteiger partial charge in [-0.25, -0.2) is 0 Å². The minimum atomic E-state index is -0.109. The molecule has 1 saturated carbocycles. The summed E-state index contributed by atoms with van der Waals surface area (Å²) in [5.41, 5.74) is 0. The van der Waals surface area contributed by atoms with Crippen molar-refractivity contribution in [3.63, 3.8) is 0 Å². The summed E-state index contributed by atoms with van der Waals surface area (Å²) in [7, 11) is 4.26. The lowest BCUT2D eigenvalue weighted by Gasteiger charge is -2.40. The molecule has 1 N–H and O–H groups in total. The Morgan fingerprint density at radius 3 is 2.25 bits per heavy atom. The van der Waals surface area contributed by atoms with Crippen LogP contribution in [-0.2, 0) is 0 Å². The van der Waals surface area contributed by atoms with Gasteiger partial charge in [0.25, 0.3) is 0 Å². The first kappa shape index (κ1) is 17.9. The van der Waals surface area contributed by atoms with Crippen LogP contribution in [0, 0.1) is 23.7 Å². The van der Waals surface area contributed by atoms with E-state index >= 15 is 0 Å². The Morgan fingerprint density at radius 2 is 1.75 bits per heavy atom. The third kappa shape index (κ3) is 6.11. The van der Waals surface area contributed by atoms with Crippen molar-refractivity contribution in [2.45, 2.75) is 46.6 Å². The molecule has 1 rings (SSSR count). The largest absolute Gasteiger partial charge is 0.393 e. The molecule has 0 aliphatic heterocycles. The Balaban J connectivity index is 2.57. The Bertz CT molecular complexity index is 256. The van der Waals surface area contributed by atoms with Crippen LogP contribution >= 0.6 is 0 Å². The first-order chi connectivity index (χ1) is 9.29. The van der Waals surface area contributed by atoms with E-state index in [2.05, 4.69) is 51.6 Å². The summed E-state index contributed by atoms with van der Waals surface area (Å²) in [5.74, 6) is 2.46. The highest BCUT2D eigenvalue weighted by atomic mass is 16.3. The van der Waals surface area contributed by atoms with Gasteiger partial charge in [0.05, 0.1) is 6.10 Å². The molecule has 0 bridgehead atoms. The van der Waals surface area contributed by atoms with Crippen molar-refractivity contribution in [2.75, 3.05) is 40.3 Å². The molecule has 0 aromatic heterocycles. The van der Waals surface area contributed by atoms with E-state index in [0.717, 1.165) is 32.6 Å². The van der Waals surface area contributed by atoms with E-state index in [1.807, 2.05) is 0 Å². The van der Waals surface area contributed by atoms with E-state index < -0.39 is 0 Å². The normalized spacial score (nSPS) is 31.5. The fourth-order valence-corrected chi connectivity index (χ4v) is 3.59. The van der Waals surface area contributed by atoms with E-state index in [9.17, 15) is 5.11 Å². The van der Waals surface area contributed by atoms with Gasteiger partial charge in [-0.15, -0.1) is 0 Å². The van der Waals surface area contributed by atoms with Gasteiger partial charge in [0.1, 0.15) is 0 Å². The molecular formula is C17H36N2O. The van der Waals surface area contributed by atoms with Gasteiger partial charge in [0, 0.05) is 32.1 Å². The van der Waals surface area contributed by atoms with Crippen LogP contribution in [0.15, 0.2) is 0 Å². The number of hydrogen-bond donors (Lipinski definition) is 1. The number of nitrogens with zero attached hydrogens (tertiary/aromatic N) is 2. The molecule has 0 spiro atoms. The van der Waals surface area contributed by atoms with Gasteiger partial charge in [-0.3, -0.25) is 0 Å². The molecule has 3 heteroatoms. The van der Waals surface area contributed by atoms with Crippen molar-refractivity contribution >= 4 is 0 Å². The molecule has 1 fully saturated rings. The van der Waals surface area contributed by atoms with E-state index in [0.29, 0.717) is 23.7 Å². The molecule has 0 saturated heterocycles. The number of likely N-dealkylation sites (N-methyl/N-ethyl adjacent to an activating group) is 1. The van der Waals surface area contributed by atoms with Crippen molar-refractivity contribution in [1.29, 1.82) is 0 Å². The highest BCUT2D eigenvalue weighted by Crippen LogP contribution is 2.34. The van der Waals surface area contributed by atoms with Crippen LogP contribution in [0.2, 0.25) is 0 Å². The lowest BCUT2D eigenvalue weighted by molar-refractivity contribution is -0.00432. The predicted octanol–water partition coefficient (Wildman–Crippen LogP) is 2.55. The van der Waals surface area contributed by atoms with Crippen LogP contribution in [0.5, 0.6) is 0 Å². The average Bonchev–Trinajstić information content (AvgIpc) is 2.29. The van der Waals surface area contributed by atoms with Crippen molar-refractivity contribution in [3.05, 3.63) is 0 Å². The monoisotopic (exact) mass is 284 g/mol. The Morgan fingerprint density at radius 1 is 1.10 bits per heavy atom. The minimum Gasteiger partial charge on any atom is -0.393 e. The topological polar surface area (TPSA) is 26.7 Å². The second kappa shape index (κ2) is 8.35. The van der Waals surface area contributed by atoms with Crippen LogP contribution in [0.4, 0.5) is 0 Å². The molecule has 0 heterocycles. The van der Waals surface area contributed by atoms with Crippen LogP contribution in [0.1, 0.15) is 40.5 Å². The van der Waals surface area contributed by atoms with Gasteiger partial charge in [0.15, 0.2) is 0 Å². The summed E-state index contributed by atoms with van der Waals surface area (Å²) < 4.78 is 0. The summed E-state index contributed by atoms with van der Waals surface area (Å²) in [6.45, 7) is 13.6. The zero-order chi connectivity index (χ0) is 15.3. The average molecular weight is 284 g/mol. The first-order valence-electron chi connectivity index (χ1n) is 8.34. The molecule has 3 nitrogen and oxygen atoms in total. The third-order valence-corrected chi connectivity index (χ3v) is 4.60. The Kier molecular flexibility index (Phi) is 7.49. The summed E-state index contributed by atoms with van der Waals surface area (Å²) in [6, 6.07) is 0. The van der Waals surface area contributed by atoms with E-state index in [1.54, 1.807) is 0 Å². The number of hydrogen-bond acceptors (Lipinski definition) is 3. The number of aliphatic hydroxyl groups excluding tert-OH is 1. The first-order valence-corrected chi connectivity index (χ1v) is 8.34. The fraction of sp³-hybridized carbons (Fsp3) is 1.00. The molecule has 1 aliphatic carbocycles. The maximum absolute atomic E-state index is 10.4. The lowest BCUT2D eigenvalue weighted by atomic mass is 9.73. The van der Waals surface area contributed by atoms with E-state index in [1.165, 1.54) is 6.42 Å². The smallest absolute Gasteiger partial charge is 0.0585 e. The predicted molar refractivity (Wildman–Crippen MR) is 86.9 cm³/mol. The molecule has 0 aromatic rings. The fourth-order valence-electron chi connectivity index (χ4n) is 3.59. The van der Waals surface area contributed by atoms with Crippen LogP contribution in [0.3, 0.4) is 0 Å². The molecular weight excluding hydrogens is 248 g/mol. The van der Waals surface area contributed by atoms with Gasteiger partial charge in [-0.1, -0.05) is 27.7 Å². The SMILES string of the molecule is CC(C)CN(CCN(C)C)CC1C(C)CC(C)CC1O. The second-order valence-corrected chi connectivity index (χ2v) is 7.74. The van der Waals surface area contributed by atoms with Crippen LogP contribution in [-0.4, -0.2) is 61.3 Å². The molecule has 4 atom stereocenters. The standard InChI is InChI=1S/C17H36N2O/c1-13(2)11-19(8-7-18(5)6)12-16-15(4)9-14(3)10-17(16)20/h13-17,20H,7-12H2,1-6H3. The van der Waals surface area contributed by atoms with Crippen molar-refractivity contribution in [1.82, 2.24) is 9.80 Å². The molecule has 120 valence electrons. The van der Waals surface area contributed by atoms with Crippen molar-refractivity contribution < 1.29 is 5.11 Å². The summed E-state index contributed by atoms with van der Waals surface area (Å²) in [5, 5.41) is 10.4. The maximum atomic E-state index is 10.4. The molecule has 0 aromatic carbocycles. The van der Waals surface area contributed by atoms with Crippen LogP contribution < -0.4 is 0 Å². The highest BCUT2D eigenvalue weighted by Gasteiger charge is 2.33. The Hall–Kier alpha value is -0.120. The zero-order valence-corrected chi connectivity index (χ0v) is 14.5. The van der Waals surface area contributed by atoms with E-state index in [4.69, 9.17) is 0 Å². The van der Waals surface area contributed by atoms with Gasteiger partial charge in [0.2, 0.25) is 0 Å². The van der Waals surface area contributed by atoms with Crippen molar-refractivity contribution in [3.8, 4) is 0 Å². The van der Waals surface area contributed by atoms with Gasteiger partial charge < -0.3 is 14.9 Å². The second-order valence-electron chi connectivity index (χ2n) is 7.74. The lowest BCUT2D eigenvalue weighted by Crippen LogP contribution is -2.45. The summed E-state index contributed by atoms with van der Waals surface area (Å²) in [6.07, 6.45) is 2.14. The van der Waals surface area contributed by atoms with Gasteiger partial charge >= 0.3 is 0 Å². The Labute approximate surface area is 126 Å².